The molecule has 0 spiro atoms. The van der Waals surface area contributed by atoms with E-state index in [-0.39, 0.29) is 6.61 Å². The highest BCUT2D eigenvalue weighted by molar-refractivity contribution is 5.38. The maximum Gasteiger partial charge on any atom is 0.218 e. The largest absolute Gasteiger partial charge is 0.478 e. The second-order valence-corrected chi connectivity index (χ2v) is 4.01. The highest BCUT2D eigenvalue weighted by Gasteiger charge is 2.00. The quantitative estimate of drug-likeness (QED) is 0.830. The fourth-order valence-corrected chi connectivity index (χ4v) is 1.69. The van der Waals surface area contributed by atoms with Gasteiger partial charge in [0.1, 0.15) is 12.1 Å². The van der Waals surface area contributed by atoms with Crippen molar-refractivity contribution in [2.75, 3.05) is 11.9 Å². The van der Waals surface area contributed by atoms with E-state index in [4.69, 9.17) is 9.84 Å². The van der Waals surface area contributed by atoms with E-state index < -0.39 is 0 Å². The Bertz CT molecular complexity index is 532. The lowest BCUT2D eigenvalue weighted by Gasteiger charge is -2.08. The van der Waals surface area contributed by atoms with E-state index in [2.05, 4.69) is 15.3 Å². The molecule has 2 aromatic rings. The van der Waals surface area contributed by atoms with Crippen LogP contribution in [0.2, 0.25) is 0 Å². The van der Waals surface area contributed by atoms with Crippen molar-refractivity contribution in [1.82, 2.24) is 9.97 Å². The first kappa shape index (κ1) is 13.3. The number of hydrogen-bond acceptors (Lipinski definition) is 5. The van der Waals surface area contributed by atoms with Gasteiger partial charge in [0.2, 0.25) is 5.88 Å². The molecule has 0 aliphatic carbocycles. The first-order chi connectivity index (χ1) is 9.31. The van der Waals surface area contributed by atoms with Crippen molar-refractivity contribution >= 4 is 5.82 Å². The Balaban J connectivity index is 1.99. The van der Waals surface area contributed by atoms with E-state index in [9.17, 15) is 0 Å². The number of hydrogen-bond donors (Lipinski definition) is 2. The molecule has 19 heavy (non-hydrogen) atoms. The van der Waals surface area contributed by atoms with Gasteiger partial charge in [-0.2, -0.15) is 0 Å². The van der Waals surface area contributed by atoms with E-state index in [1.165, 1.54) is 6.33 Å². The van der Waals surface area contributed by atoms with Gasteiger partial charge in [-0.25, -0.2) is 9.97 Å². The minimum absolute atomic E-state index is 0.0514. The first-order valence-corrected chi connectivity index (χ1v) is 6.19. The molecule has 0 radical (unpaired) electrons. The Morgan fingerprint density at radius 1 is 1.21 bits per heavy atom. The second kappa shape index (κ2) is 6.70. The van der Waals surface area contributed by atoms with Crippen LogP contribution in [0.3, 0.4) is 0 Å². The fraction of sp³-hybridized carbons (Fsp3) is 0.286. The molecule has 0 atom stereocenters. The molecule has 0 amide bonds. The van der Waals surface area contributed by atoms with Crippen molar-refractivity contribution in [3.8, 4) is 5.88 Å². The van der Waals surface area contributed by atoms with Crippen LogP contribution in [0.1, 0.15) is 18.1 Å². The minimum Gasteiger partial charge on any atom is -0.478 e. The monoisotopic (exact) mass is 259 g/mol. The van der Waals surface area contributed by atoms with Gasteiger partial charge >= 0.3 is 0 Å². The molecule has 100 valence electrons. The van der Waals surface area contributed by atoms with Gasteiger partial charge in [-0.15, -0.1) is 0 Å². The second-order valence-electron chi connectivity index (χ2n) is 4.01. The zero-order valence-corrected chi connectivity index (χ0v) is 10.8. The summed E-state index contributed by atoms with van der Waals surface area (Å²) < 4.78 is 5.31. The van der Waals surface area contributed by atoms with Crippen LogP contribution in [0.25, 0.3) is 0 Å². The summed E-state index contributed by atoms with van der Waals surface area (Å²) >= 11 is 0. The van der Waals surface area contributed by atoms with Gasteiger partial charge in [0.25, 0.3) is 0 Å². The summed E-state index contributed by atoms with van der Waals surface area (Å²) in [6.45, 7) is 3.18. The van der Waals surface area contributed by atoms with E-state index >= 15 is 0 Å². The molecule has 5 heteroatoms. The number of benzene rings is 1. The summed E-state index contributed by atoms with van der Waals surface area (Å²) in [6, 6.07) is 9.53. The summed E-state index contributed by atoms with van der Waals surface area (Å²) in [5.41, 5.74) is 1.99. The first-order valence-electron chi connectivity index (χ1n) is 6.19. The van der Waals surface area contributed by atoms with Gasteiger partial charge in [0.15, 0.2) is 0 Å². The van der Waals surface area contributed by atoms with Crippen LogP contribution in [-0.2, 0) is 13.2 Å². The molecule has 0 aliphatic rings. The average Bonchev–Trinajstić information content (AvgIpc) is 2.46. The topological polar surface area (TPSA) is 67.3 Å². The highest BCUT2D eigenvalue weighted by Crippen LogP contribution is 2.12. The molecule has 0 aliphatic heterocycles. The molecule has 1 heterocycles. The van der Waals surface area contributed by atoms with Crippen molar-refractivity contribution in [1.29, 1.82) is 0 Å². The van der Waals surface area contributed by atoms with Crippen LogP contribution in [0.4, 0.5) is 5.82 Å². The van der Waals surface area contributed by atoms with Gasteiger partial charge in [-0.3, -0.25) is 0 Å². The number of anilines is 1. The standard InChI is InChI=1S/C14H17N3O2/c1-2-19-14-7-13(16-10-17-14)15-8-11-4-3-5-12(6-11)9-18/h3-7,10,18H,2,8-9H2,1H3,(H,15,16,17). The number of ether oxygens (including phenoxy) is 1. The fourth-order valence-electron chi connectivity index (χ4n) is 1.69. The van der Waals surface area contributed by atoms with Crippen LogP contribution in [0.5, 0.6) is 5.88 Å². The Morgan fingerprint density at radius 2 is 2.05 bits per heavy atom. The maximum atomic E-state index is 9.09. The molecule has 0 saturated carbocycles. The van der Waals surface area contributed by atoms with Gasteiger partial charge in [-0.05, 0) is 18.1 Å². The van der Waals surface area contributed by atoms with E-state index in [0.29, 0.717) is 24.8 Å². The van der Waals surface area contributed by atoms with Gasteiger partial charge < -0.3 is 15.2 Å². The third kappa shape index (κ3) is 3.93. The molecule has 2 N–H and O–H groups in total. The molecule has 2 rings (SSSR count). The van der Waals surface area contributed by atoms with Crippen LogP contribution in [-0.4, -0.2) is 21.7 Å². The molecule has 0 saturated heterocycles. The molecular formula is C14H17N3O2. The summed E-state index contributed by atoms with van der Waals surface area (Å²) in [7, 11) is 0. The Labute approximate surface area is 112 Å². The number of nitrogens with one attached hydrogen (secondary N) is 1. The summed E-state index contributed by atoms with van der Waals surface area (Å²) in [5, 5.41) is 12.3. The number of nitrogens with zero attached hydrogens (tertiary/aromatic N) is 2. The lowest BCUT2D eigenvalue weighted by molar-refractivity contribution is 0.281. The van der Waals surface area contributed by atoms with Crippen LogP contribution in [0, 0.1) is 0 Å². The maximum absolute atomic E-state index is 9.09. The van der Waals surface area contributed by atoms with Crippen molar-refractivity contribution in [2.24, 2.45) is 0 Å². The van der Waals surface area contributed by atoms with E-state index in [0.717, 1.165) is 11.1 Å². The lowest BCUT2D eigenvalue weighted by Crippen LogP contribution is -2.03. The van der Waals surface area contributed by atoms with Gasteiger partial charge in [-0.1, -0.05) is 24.3 Å². The summed E-state index contributed by atoms with van der Waals surface area (Å²) in [6.07, 6.45) is 1.47. The zero-order valence-electron chi connectivity index (χ0n) is 10.8. The number of aliphatic hydroxyl groups is 1. The number of aromatic nitrogens is 2. The van der Waals surface area contributed by atoms with Gasteiger partial charge in [0, 0.05) is 12.6 Å². The Hall–Kier alpha value is -2.14. The molecule has 0 unspecified atom stereocenters. The third-order valence-electron chi connectivity index (χ3n) is 2.58. The number of rotatable bonds is 6. The highest BCUT2D eigenvalue weighted by atomic mass is 16.5. The van der Waals surface area contributed by atoms with E-state index in [1.54, 1.807) is 6.07 Å². The Kier molecular flexibility index (Phi) is 4.69. The molecule has 1 aromatic carbocycles. The average molecular weight is 259 g/mol. The molecule has 1 aromatic heterocycles. The predicted octanol–water partition coefficient (Wildman–Crippen LogP) is 1.98. The van der Waals surface area contributed by atoms with Crippen LogP contribution >= 0.6 is 0 Å². The SMILES string of the molecule is CCOc1cc(NCc2cccc(CO)c2)ncn1. The molecular weight excluding hydrogens is 242 g/mol. The van der Waals surface area contributed by atoms with Gasteiger partial charge in [0.05, 0.1) is 13.2 Å². The van der Waals surface area contributed by atoms with E-state index in [1.807, 2.05) is 31.2 Å². The van der Waals surface area contributed by atoms with Crippen molar-refractivity contribution in [2.45, 2.75) is 20.1 Å². The normalized spacial score (nSPS) is 10.2. The van der Waals surface area contributed by atoms with Crippen LogP contribution < -0.4 is 10.1 Å². The summed E-state index contributed by atoms with van der Waals surface area (Å²) in [5.74, 6) is 1.27. The van der Waals surface area contributed by atoms with Crippen molar-refractivity contribution in [3.05, 3.63) is 47.8 Å². The zero-order chi connectivity index (χ0) is 13.5. The van der Waals surface area contributed by atoms with Crippen molar-refractivity contribution < 1.29 is 9.84 Å². The molecule has 0 fully saturated rings. The van der Waals surface area contributed by atoms with Crippen molar-refractivity contribution in [3.63, 3.8) is 0 Å². The lowest BCUT2D eigenvalue weighted by atomic mass is 10.1. The predicted molar refractivity (Wildman–Crippen MR) is 72.9 cm³/mol. The Morgan fingerprint density at radius 3 is 2.84 bits per heavy atom. The molecule has 0 bridgehead atoms. The van der Waals surface area contributed by atoms with Crippen LogP contribution in [0.15, 0.2) is 36.7 Å². The summed E-state index contributed by atoms with van der Waals surface area (Å²) in [4.78, 5) is 8.13. The smallest absolute Gasteiger partial charge is 0.218 e. The minimum atomic E-state index is 0.0514. The third-order valence-corrected chi connectivity index (χ3v) is 2.58. The number of aliphatic hydroxyl groups excluding tert-OH is 1. The molecule has 5 nitrogen and oxygen atoms in total.